The predicted octanol–water partition coefficient (Wildman–Crippen LogP) is 1.25. The zero-order chi connectivity index (χ0) is 19.1. The van der Waals surface area contributed by atoms with E-state index in [4.69, 9.17) is 9.47 Å². The smallest absolute Gasteiger partial charge is 0.191 e. The molecule has 1 aromatic carbocycles. The molecule has 7 nitrogen and oxygen atoms in total. The van der Waals surface area contributed by atoms with Crippen LogP contribution in [0.2, 0.25) is 0 Å². The van der Waals surface area contributed by atoms with Crippen LogP contribution in [0, 0.1) is 0 Å². The fourth-order valence-electron chi connectivity index (χ4n) is 3.46. The van der Waals surface area contributed by atoms with Gasteiger partial charge in [-0.05, 0) is 25.5 Å². The summed E-state index contributed by atoms with van der Waals surface area (Å²) in [6, 6.07) is 8.16. The van der Waals surface area contributed by atoms with Crippen molar-refractivity contribution < 1.29 is 14.6 Å². The van der Waals surface area contributed by atoms with Crippen molar-refractivity contribution >= 4 is 29.9 Å². The van der Waals surface area contributed by atoms with Crippen LogP contribution in [-0.4, -0.2) is 80.2 Å². The molecule has 8 heteroatoms. The Bertz CT molecular complexity index is 611. The van der Waals surface area contributed by atoms with E-state index in [9.17, 15) is 5.11 Å². The van der Waals surface area contributed by atoms with Crippen molar-refractivity contribution in [3.63, 3.8) is 0 Å². The molecular weight excluding hydrogens is 471 g/mol. The lowest BCUT2D eigenvalue weighted by Gasteiger charge is -2.33. The van der Waals surface area contributed by atoms with Crippen LogP contribution in [0.3, 0.4) is 0 Å². The highest BCUT2D eigenvalue weighted by Gasteiger charge is 2.26. The van der Waals surface area contributed by atoms with Crippen LogP contribution in [0.15, 0.2) is 29.3 Å². The summed E-state index contributed by atoms with van der Waals surface area (Å²) in [5.74, 6) is 1.68. The lowest BCUT2D eigenvalue weighted by molar-refractivity contribution is -0.0180. The zero-order valence-electron chi connectivity index (χ0n) is 16.8. The Morgan fingerprint density at radius 1 is 1.29 bits per heavy atom. The first-order valence-corrected chi connectivity index (χ1v) is 9.85. The molecule has 1 saturated heterocycles. The monoisotopic (exact) mass is 504 g/mol. The van der Waals surface area contributed by atoms with Crippen LogP contribution in [-0.2, 0) is 11.2 Å². The Hall–Kier alpha value is -1.10. The molecule has 28 heavy (non-hydrogen) atoms. The van der Waals surface area contributed by atoms with E-state index in [1.165, 1.54) is 5.56 Å². The van der Waals surface area contributed by atoms with Gasteiger partial charge in [-0.3, -0.25) is 9.89 Å². The van der Waals surface area contributed by atoms with Crippen molar-refractivity contribution in [2.24, 2.45) is 4.99 Å². The predicted molar refractivity (Wildman–Crippen MR) is 122 cm³/mol. The second-order valence-corrected chi connectivity index (χ2v) is 7.51. The van der Waals surface area contributed by atoms with Crippen LogP contribution in [0.5, 0.6) is 5.75 Å². The number of hydrogen-bond donors (Lipinski definition) is 3. The first-order chi connectivity index (χ1) is 13.1. The summed E-state index contributed by atoms with van der Waals surface area (Å²) >= 11 is 0. The maximum absolute atomic E-state index is 10.7. The number of benzene rings is 1. The number of hydrogen-bond acceptors (Lipinski definition) is 5. The molecule has 1 fully saturated rings. The number of aliphatic imine (C=N–C) groups is 1. The Labute approximate surface area is 184 Å². The van der Waals surface area contributed by atoms with Crippen LogP contribution >= 0.6 is 24.0 Å². The number of aliphatic hydroxyl groups is 1. The molecule has 158 valence electrons. The van der Waals surface area contributed by atoms with Gasteiger partial charge in [-0.25, -0.2) is 0 Å². The van der Waals surface area contributed by atoms with E-state index in [-0.39, 0.29) is 30.1 Å². The van der Waals surface area contributed by atoms with Crippen molar-refractivity contribution in [1.29, 1.82) is 0 Å². The van der Waals surface area contributed by atoms with Gasteiger partial charge in [0, 0.05) is 32.6 Å². The maximum Gasteiger partial charge on any atom is 0.191 e. The Morgan fingerprint density at radius 2 is 2.04 bits per heavy atom. The third kappa shape index (κ3) is 7.06. The fourth-order valence-corrected chi connectivity index (χ4v) is 3.46. The van der Waals surface area contributed by atoms with Gasteiger partial charge in [0.2, 0.25) is 0 Å². The molecule has 2 atom stereocenters. The molecule has 3 N–H and O–H groups in total. The topological polar surface area (TPSA) is 78.4 Å². The van der Waals surface area contributed by atoms with Gasteiger partial charge in [0.15, 0.2) is 5.96 Å². The summed E-state index contributed by atoms with van der Waals surface area (Å²) < 4.78 is 11.3. The van der Waals surface area contributed by atoms with Crippen molar-refractivity contribution in [1.82, 2.24) is 15.5 Å². The van der Waals surface area contributed by atoms with Crippen LogP contribution in [0.1, 0.15) is 19.4 Å². The molecule has 0 saturated carbocycles. The summed E-state index contributed by atoms with van der Waals surface area (Å²) in [4.78, 5) is 6.82. The van der Waals surface area contributed by atoms with Gasteiger partial charge in [-0.2, -0.15) is 0 Å². The number of morpholine rings is 1. The Kier molecular flexibility index (Phi) is 9.26. The lowest BCUT2D eigenvalue weighted by Crippen LogP contribution is -2.48. The van der Waals surface area contributed by atoms with E-state index >= 15 is 0 Å². The number of halogens is 1. The van der Waals surface area contributed by atoms with Gasteiger partial charge in [0.05, 0.1) is 31.9 Å². The standard InChI is InChI=1S/C20H32N4O3.HI/c1-3-21-19(22-13-17-12-16-6-4-5-7-18(16)27-17)23-14-20(2,25)15-24-8-10-26-11-9-24;/h4-7,17,25H,3,8-15H2,1-2H3,(H2,21,22,23);1H. The summed E-state index contributed by atoms with van der Waals surface area (Å²) in [6.07, 6.45) is 0.997. The number of ether oxygens (including phenoxy) is 2. The number of guanidine groups is 1. The molecule has 2 heterocycles. The summed E-state index contributed by atoms with van der Waals surface area (Å²) in [7, 11) is 0. The number of para-hydroxylation sites is 1. The second-order valence-electron chi connectivity index (χ2n) is 7.51. The zero-order valence-corrected chi connectivity index (χ0v) is 19.1. The molecule has 2 aliphatic rings. The average molecular weight is 504 g/mol. The molecule has 2 aliphatic heterocycles. The van der Waals surface area contributed by atoms with E-state index in [2.05, 4.69) is 26.6 Å². The quantitative estimate of drug-likeness (QED) is 0.295. The van der Waals surface area contributed by atoms with Crippen molar-refractivity contribution in [3.8, 4) is 5.75 Å². The molecule has 0 radical (unpaired) electrons. The van der Waals surface area contributed by atoms with Gasteiger partial charge in [0.1, 0.15) is 11.9 Å². The van der Waals surface area contributed by atoms with E-state index in [0.29, 0.717) is 25.6 Å². The van der Waals surface area contributed by atoms with Crippen molar-refractivity contribution in [2.45, 2.75) is 32.0 Å². The fraction of sp³-hybridized carbons (Fsp3) is 0.650. The number of nitrogens with zero attached hydrogens (tertiary/aromatic N) is 2. The summed E-state index contributed by atoms with van der Waals surface area (Å²) in [5.41, 5.74) is 0.374. The normalized spacial score (nSPS) is 21.8. The first-order valence-electron chi connectivity index (χ1n) is 9.85. The van der Waals surface area contributed by atoms with E-state index in [1.54, 1.807) is 0 Å². The van der Waals surface area contributed by atoms with Gasteiger partial charge >= 0.3 is 0 Å². The minimum Gasteiger partial charge on any atom is -0.488 e. The minimum absolute atomic E-state index is 0. The third-order valence-electron chi connectivity index (χ3n) is 4.80. The first kappa shape index (κ1) is 23.2. The summed E-state index contributed by atoms with van der Waals surface area (Å²) in [6.45, 7) is 9.43. The van der Waals surface area contributed by atoms with Crippen molar-refractivity contribution in [2.75, 3.05) is 52.5 Å². The molecule has 1 aromatic rings. The number of nitrogens with one attached hydrogen (secondary N) is 2. The van der Waals surface area contributed by atoms with Gasteiger partial charge < -0.3 is 25.2 Å². The highest BCUT2D eigenvalue weighted by molar-refractivity contribution is 14.0. The maximum atomic E-state index is 10.7. The molecule has 0 bridgehead atoms. The van der Waals surface area contributed by atoms with E-state index < -0.39 is 5.60 Å². The molecule has 0 aliphatic carbocycles. The Morgan fingerprint density at radius 3 is 2.75 bits per heavy atom. The molecular formula is C20H33IN4O3. The van der Waals surface area contributed by atoms with Gasteiger partial charge in [-0.1, -0.05) is 18.2 Å². The average Bonchev–Trinajstić information content (AvgIpc) is 3.07. The third-order valence-corrected chi connectivity index (χ3v) is 4.80. The minimum atomic E-state index is -0.875. The Balaban J connectivity index is 0.00000280. The highest BCUT2D eigenvalue weighted by Crippen LogP contribution is 2.27. The van der Waals surface area contributed by atoms with Gasteiger partial charge in [0.25, 0.3) is 0 Å². The second kappa shape index (κ2) is 11.2. The molecule has 0 spiro atoms. The number of fused-ring (bicyclic) bond motifs is 1. The highest BCUT2D eigenvalue weighted by atomic mass is 127. The largest absolute Gasteiger partial charge is 0.488 e. The molecule has 3 rings (SSSR count). The lowest BCUT2D eigenvalue weighted by atomic mass is 10.1. The number of rotatable bonds is 7. The molecule has 0 amide bonds. The SMILES string of the molecule is CCNC(=NCC(C)(O)CN1CCOCC1)NCC1Cc2ccccc2O1.I. The van der Waals surface area contributed by atoms with Gasteiger partial charge in [-0.15, -0.1) is 24.0 Å². The van der Waals surface area contributed by atoms with Crippen molar-refractivity contribution in [3.05, 3.63) is 29.8 Å². The van der Waals surface area contributed by atoms with Crippen LogP contribution < -0.4 is 15.4 Å². The summed E-state index contributed by atoms with van der Waals surface area (Å²) in [5, 5.41) is 17.3. The van der Waals surface area contributed by atoms with Crippen LogP contribution in [0.4, 0.5) is 0 Å². The van der Waals surface area contributed by atoms with E-state index in [0.717, 1.165) is 45.0 Å². The molecule has 2 unspecified atom stereocenters. The number of β-amino-alcohol motifs (C(OH)–C–C–N with tert-alkyl or cyclic N) is 1. The molecule has 0 aromatic heterocycles. The van der Waals surface area contributed by atoms with E-state index in [1.807, 2.05) is 32.0 Å². The van der Waals surface area contributed by atoms with Crippen LogP contribution in [0.25, 0.3) is 0 Å².